The molecule has 4 N–H and O–H groups in total. The van der Waals surface area contributed by atoms with Crippen LogP contribution in [0.5, 0.6) is 5.75 Å². The van der Waals surface area contributed by atoms with Gasteiger partial charge < -0.3 is 20.7 Å². The fourth-order valence-corrected chi connectivity index (χ4v) is 1.84. The molecule has 1 aromatic heterocycles. The van der Waals surface area contributed by atoms with E-state index in [0.29, 0.717) is 13.0 Å². The Bertz CT molecular complexity index is 577. The molecule has 1 amide bonds. The first kappa shape index (κ1) is 14.1. The van der Waals surface area contributed by atoms with Gasteiger partial charge in [-0.25, -0.2) is 4.98 Å². The molecule has 2 aromatic rings. The standard InChI is InChI=1S/C14H18N4O2/c1-18-7-6-16-13(18)9-17-14(20)12(15)8-10-2-4-11(19)5-3-10/h2-7,12,19H,8-9,15H2,1H3,(H,17,20)/t12-/m0/s1. The van der Waals surface area contributed by atoms with Crippen LogP contribution in [0.15, 0.2) is 36.7 Å². The number of aromatic nitrogens is 2. The van der Waals surface area contributed by atoms with Crippen LogP contribution < -0.4 is 11.1 Å². The molecule has 0 bridgehead atoms. The van der Waals surface area contributed by atoms with Gasteiger partial charge in [0.05, 0.1) is 12.6 Å². The van der Waals surface area contributed by atoms with E-state index in [1.54, 1.807) is 30.5 Å². The van der Waals surface area contributed by atoms with Gasteiger partial charge in [0.1, 0.15) is 11.6 Å². The molecule has 1 aromatic carbocycles. The molecule has 0 aliphatic heterocycles. The monoisotopic (exact) mass is 274 g/mol. The number of hydrogen-bond acceptors (Lipinski definition) is 4. The number of imidazole rings is 1. The summed E-state index contributed by atoms with van der Waals surface area (Å²) in [5.41, 5.74) is 6.77. The SMILES string of the molecule is Cn1ccnc1CNC(=O)[C@@H](N)Cc1ccc(O)cc1. The molecule has 106 valence electrons. The second-order valence-corrected chi connectivity index (χ2v) is 4.65. The topological polar surface area (TPSA) is 93.2 Å². The van der Waals surface area contributed by atoms with Crippen LogP contribution in [0.1, 0.15) is 11.4 Å². The number of phenols is 1. The zero-order chi connectivity index (χ0) is 14.5. The van der Waals surface area contributed by atoms with E-state index in [0.717, 1.165) is 11.4 Å². The zero-order valence-electron chi connectivity index (χ0n) is 11.3. The van der Waals surface area contributed by atoms with Crippen LogP contribution in [0.2, 0.25) is 0 Å². The van der Waals surface area contributed by atoms with Crippen LogP contribution >= 0.6 is 0 Å². The van der Waals surface area contributed by atoms with Crippen molar-refractivity contribution in [3.63, 3.8) is 0 Å². The summed E-state index contributed by atoms with van der Waals surface area (Å²) < 4.78 is 1.84. The fourth-order valence-electron chi connectivity index (χ4n) is 1.84. The van der Waals surface area contributed by atoms with Gasteiger partial charge in [0.15, 0.2) is 0 Å². The van der Waals surface area contributed by atoms with Crippen molar-refractivity contribution in [2.45, 2.75) is 19.0 Å². The van der Waals surface area contributed by atoms with Crippen molar-refractivity contribution in [3.05, 3.63) is 48.0 Å². The van der Waals surface area contributed by atoms with Crippen molar-refractivity contribution in [2.24, 2.45) is 12.8 Å². The summed E-state index contributed by atoms with van der Waals surface area (Å²) in [6.45, 7) is 0.353. The molecule has 1 heterocycles. The molecule has 20 heavy (non-hydrogen) atoms. The lowest BCUT2D eigenvalue weighted by Gasteiger charge is -2.12. The van der Waals surface area contributed by atoms with Gasteiger partial charge in [0, 0.05) is 19.4 Å². The number of rotatable bonds is 5. The molecule has 6 heteroatoms. The quantitative estimate of drug-likeness (QED) is 0.731. The van der Waals surface area contributed by atoms with Crippen LogP contribution in [-0.2, 0) is 24.8 Å². The number of aromatic hydroxyl groups is 1. The number of nitrogens with one attached hydrogen (secondary N) is 1. The molecule has 0 unspecified atom stereocenters. The predicted molar refractivity (Wildman–Crippen MR) is 74.8 cm³/mol. The van der Waals surface area contributed by atoms with Gasteiger partial charge in [-0.15, -0.1) is 0 Å². The molecule has 1 atom stereocenters. The maximum atomic E-state index is 11.9. The maximum Gasteiger partial charge on any atom is 0.237 e. The van der Waals surface area contributed by atoms with Crippen LogP contribution in [0.3, 0.4) is 0 Å². The lowest BCUT2D eigenvalue weighted by Crippen LogP contribution is -2.42. The molecule has 0 fully saturated rings. The first-order valence-corrected chi connectivity index (χ1v) is 6.33. The Hall–Kier alpha value is -2.34. The Morgan fingerprint density at radius 2 is 2.15 bits per heavy atom. The number of benzene rings is 1. The molecule has 0 aliphatic carbocycles. The number of aryl methyl sites for hydroxylation is 1. The average Bonchev–Trinajstić information content (AvgIpc) is 2.84. The Balaban J connectivity index is 1.86. The van der Waals surface area contributed by atoms with E-state index in [9.17, 15) is 9.90 Å². The van der Waals surface area contributed by atoms with Gasteiger partial charge in [0.25, 0.3) is 0 Å². The molecule has 0 saturated heterocycles. The molecular formula is C14H18N4O2. The minimum atomic E-state index is -0.625. The average molecular weight is 274 g/mol. The number of hydrogen-bond donors (Lipinski definition) is 3. The van der Waals surface area contributed by atoms with E-state index in [1.165, 1.54) is 0 Å². The van der Waals surface area contributed by atoms with E-state index in [1.807, 2.05) is 17.8 Å². The first-order chi connectivity index (χ1) is 9.56. The highest BCUT2D eigenvalue weighted by atomic mass is 16.3. The maximum absolute atomic E-state index is 11.9. The Morgan fingerprint density at radius 1 is 1.45 bits per heavy atom. The summed E-state index contributed by atoms with van der Waals surface area (Å²) in [5.74, 6) is 0.748. The number of nitrogens with zero attached hydrogens (tertiary/aromatic N) is 2. The third-order valence-electron chi connectivity index (χ3n) is 3.07. The van der Waals surface area contributed by atoms with Crippen molar-refractivity contribution in [1.82, 2.24) is 14.9 Å². The third-order valence-corrected chi connectivity index (χ3v) is 3.07. The van der Waals surface area contributed by atoms with E-state index < -0.39 is 6.04 Å². The highest BCUT2D eigenvalue weighted by Gasteiger charge is 2.14. The minimum Gasteiger partial charge on any atom is -0.508 e. The highest BCUT2D eigenvalue weighted by Crippen LogP contribution is 2.10. The van der Waals surface area contributed by atoms with Gasteiger partial charge in [-0.1, -0.05) is 12.1 Å². The van der Waals surface area contributed by atoms with Gasteiger partial charge in [-0.05, 0) is 24.1 Å². The molecule has 0 saturated carbocycles. The van der Waals surface area contributed by atoms with Crippen LogP contribution in [0.25, 0.3) is 0 Å². The largest absolute Gasteiger partial charge is 0.508 e. The predicted octanol–water partition coefficient (Wildman–Crippen LogP) is 0.312. The smallest absolute Gasteiger partial charge is 0.237 e. The summed E-state index contributed by atoms with van der Waals surface area (Å²) in [7, 11) is 1.87. The van der Waals surface area contributed by atoms with Crippen molar-refractivity contribution in [1.29, 1.82) is 0 Å². The number of nitrogens with two attached hydrogens (primary N) is 1. The summed E-state index contributed by atoms with van der Waals surface area (Å²) in [4.78, 5) is 16.0. The Morgan fingerprint density at radius 3 is 2.75 bits per heavy atom. The van der Waals surface area contributed by atoms with E-state index in [2.05, 4.69) is 10.3 Å². The Labute approximate surface area is 117 Å². The van der Waals surface area contributed by atoms with Crippen LogP contribution in [0, 0.1) is 0 Å². The van der Waals surface area contributed by atoms with Gasteiger partial charge >= 0.3 is 0 Å². The van der Waals surface area contributed by atoms with Crippen molar-refractivity contribution < 1.29 is 9.90 Å². The van der Waals surface area contributed by atoms with Crippen LogP contribution in [-0.4, -0.2) is 26.6 Å². The number of carbonyl (C=O) groups is 1. The molecule has 6 nitrogen and oxygen atoms in total. The number of phenolic OH excluding ortho intramolecular Hbond substituents is 1. The van der Waals surface area contributed by atoms with Crippen LogP contribution in [0.4, 0.5) is 0 Å². The van der Waals surface area contributed by atoms with Gasteiger partial charge in [-0.2, -0.15) is 0 Å². The number of amides is 1. The van der Waals surface area contributed by atoms with Crippen molar-refractivity contribution >= 4 is 5.91 Å². The lowest BCUT2D eigenvalue weighted by atomic mass is 10.1. The summed E-state index contributed by atoms with van der Waals surface area (Å²) in [6, 6.07) is 6.03. The molecule has 0 radical (unpaired) electrons. The summed E-state index contributed by atoms with van der Waals surface area (Å²) in [6.07, 6.45) is 3.92. The van der Waals surface area contributed by atoms with E-state index >= 15 is 0 Å². The molecule has 0 aliphatic rings. The van der Waals surface area contributed by atoms with Crippen molar-refractivity contribution in [3.8, 4) is 5.75 Å². The minimum absolute atomic E-state index is 0.196. The second-order valence-electron chi connectivity index (χ2n) is 4.65. The molecule has 2 rings (SSSR count). The lowest BCUT2D eigenvalue weighted by molar-refractivity contribution is -0.122. The third kappa shape index (κ3) is 3.58. The molecule has 0 spiro atoms. The number of carbonyl (C=O) groups excluding carboxylic acids is 1. The van der Waals surface area contributed by atoms with Gasteiger partial charge in [-0.3, -0.25) is 4.79 Å². The van der Waals surface area contributed by atoms with Gasteiger partial charge in [0.2, 0.25) is 5.91 Å². The Kier molecular flexibility index (Phi) is 4.37. The fraction of sp³-hybridized carbons (Fsp3) is 0.286. The van der Waals surface area contributed by atoms with E-state index in [4.69, 9.17) is 5.73 Å². The summed E-state index contributed by atoms with van der Waals surface area (Å²) in [5, 5.41) is 12.0. The highest BCUT2D eigenvalue weighted by molar-refractivity contribution is 5.81. The van der Waals surface area contributed by atoms with Crippen molar-refractivity contribution in [2.75, 3.05) is 0 Å². The zero-order valence-corrected chi connectivity index (χ0v) is 11.3. The summed E-state index contributed by atoms with van der Waals surface area (Å²) >= 11 is 0. The normalized spacial score (nSPS) is 12.1. The first-order valence-electron chi connectivity index (χ1n) is 6.33. The van der Waals surface area contributed by atoms with E-state index in [-0.39, 0.29) is 11.7 Å². The second kappa shape index (κ2) is 6.21. The molecular weight excluding hydrogens is 256 g/mol.